The zero-order chi connectivity index (χ0) is 15.4. The lowest BCUT2D eigenvalue weighted by Crippen LogP contribution is -2.48. The molecule has 114 valence electrons. The number of carbonyl (C=O) groups excluding carboxylic acids is 1. The Hall–Kier alpha value is -1.81. The first-order valence-corrected chi connectivity index (χ1v) is 7.91. The quantitative estimate of drug-likeness (QED) is 0.842. The largest absolute Gasteiger partial charge is 0.481 e. The molecule has 0 spiro atoms. The molecule has 4 aliphatic carbocycles. The van der Waals surface area contributed by atoms with Gasteiger partial charge in [0.2, 0.25) is 5.91 Å². The van der Waals surface area contributed by atoms with Crippen LogP contribution in [0.15, 0.2) is 36.4 Å². The van der Waals surface area contributed by atoms with E-state index in [1.54, 1.807) is 24.3 Å². The Balaban J connectivity index is 1.61. The molecule has 0 unspecified atom stereocenters. The van der Waals surface area contributed by atoms with Gasteiger partial charge in [-0.05, 0) is 48.3 Å². The fourth-order valence-electron chi connectivity index (χ4n) is 4.36. The number of halogens is 1. The van der Waals surface area contributed by atoms with Gasteiger partial charge in [0.1, 0.15) is 0 Å². The number of carbonyl (C=O) groups is 2. The third-order valence-electron chi connectivity index (χ3n) is 5.33. The van der Waals surface area contributed by atoms with Gasteiger partial charge in [0, 0.05) is 10.7 Å². The van der Waals surface area contributed by atoms with Gasteiger partial charge in [-0.15, -0.1) is 0 Å². The number of nitrogens with one attached hydrogen (secondary N) is 1. The molecule has 0 aliphatic heterocycles. The molecule has 1 aromatic rings. The normalized spacial score (nSPS) is 37.5. The van der Waals surface area contributed by atoms with Crippen molar-refractivity contribution in [3.05, 3.63) is 41.4 Å². The van der Waals surface area contributed by atoms with Crippen LogP contribution in [0.2, 0.25) is 5.02 Å². The lowest BCUT2D eigenvalue weighted by Gasteiger charge is -2.41. The minimum absolute atomic E-state index is 0.00242. The molecule has 2 N–H and O–H groups in total. The van der Waals surface area contributed by atoms with Crippen molar-refractivity contribution in [2.75, 3.05) is 5.32 Å². The highest BCUT2D eigenvalue weighted by Crippen LogP contribution is 2.63. The van der Waals surface area contributed by atoms with E-state index >= 15 is 0 Å². The predicted molar refractivity (Wildman–Crippen MR) is 82.4 cm³/mol. The molecule has 0 radical (unpaired) electrons. The van der Waals surface area contributed by atoms with Gasteiger partial charge >= 0.3 is 5.97 Å². The number of benzene rings is 1. The fraction of sp³-hybridized carbons (Fsp3) is 0.412. The molecule has 0 heterocycles. The predicted octanol–water partition coefficient (Wildman–Crippen LogP) is 3.05. The molecule has 5 rings (SSSR count). The summed E-state index contributed by atoms with van der Waals surface area (Å²) in [4.78, 5) is 24.4. The smallest absolute Gasteiger partial charge is 0.307 e. The third-order valence-corrected chi connectivity index (χ3v) is 5.57. The maximum atomic E-state index is 12.7. The van der Waals surface area contributed by atoms with Crippen molar-refractivity contribution in [2.45, 2.75) is 6.42 Å². The Morgan fingerprint density at radius 1 is 1.14 bits per heavy atom. The molecule has 6 atom stereocenters. The number of anilines is 1. The molecule has 0 aromatic heterocycles. The van der Waals surface area contributed by atoms with Gasteiger partial charge in [0.15, 0.2) is 0 Å². The van der Waals surface area contributed by atoms with Crippen LogP contribution >= 0.6 is 11.6 Å². The van der Waals surface area contributed by atoms with Gasteiger partial charge in [-0.3, -0.25) is 9.59 Å². The maximum absolute atomic E-state index is 12.7. The van der Waals surface area contributed by atoms with Crippen molar-refractivity contribution in [3.8, 4) is 0 Å². The minimum Gasteiger partial charge on any atom is -0.481 e. The van der Waals surface area contributed by atoms with Crippen molar-refractivity contribution in [2.24, 2.45) is 35.5 Å². The number of amides is 1. The van der Waals surface area contributed by atoms with E-state index in [9.17, 15) is 14.7 Å². The van der Waals surface area contributed by atoms with Crippen LogP contribution in [0.5, 0.6) is 0 Å². The topological polar surface area (TPSA) is 66.4 Å². The second-order valence-corrected chi connectivity index (χ2v) is 6.93. The highest BCUT2D eigenvalue weighted by molar-refractivity contribution is 6.30. The molecule has 1 aromatic carbocycles. The van der Waals surface area contributed by atoms with Gasteiger partial charge in [-0.25, -0.2) is 0 Å². The van der Waals surface area contributed by atoms with E-state index in [1.807, 2.05) is 6.08 Å². The Kier molecular flexibility index (Phi) is 3.05. The minimum atomic E-state index is -0.865. The van der Waals surface area contributed by atoms with Gasteiger partial charge < -0.3 is 10.4 Å². The van der Waals surface area contributed by atoms with Crippen LogP contribution in [-0.4, -0.2) is 17.0 Å². The van der Waals surface area contributed by atoms with Gasteiger partial charge in [0.25, 0.3) is 0 Å². The molecular formula is C17H16ClNO3. The summed E-state index contributed by atoms with van der Waals surface area (Å²) < 4.78 is 0. The molecule has 4 nitrogen and oxygen atoms in total. The molecule has 2 fully saturated rings. The van der Waals surface area contributed by atoms with Crippen LogP contribution in [0, 0.1) is 35.5 Å². The third kappa shape index (κ3) is 2.05. The first-order valence-electron chi connectivity index (χ1n) is 7.54. The monoisotopic (exact) mass is 317 g/mol. The molecule has 22 heavy (non-hydrogen) atoms. The average molecular weight is 318 g/mol. The van der Waals surface area contributed by atoms with E-state index in [2.05, 4.69) is 11.4 Å². The molecule has 5 heteroatoms. The number of allylic oxidation sites excluding steroid dienone is 2. The first-order chi connectivity index (χ1) is 10.6. The van der Waals surface area contributed by atoms with E-state index < -0.39 is 17.8 Å². The first kappa shape index (κ1) is 13.8. The summed E-state index contributed by atoms with van der Waals surface area (Å²) in [6, 6.07) is 6.93. The van der Waals surface area contributed by atoms with E-state index in [0.717, 1.165) is 6.42 Å². The van der Waals surface area contributed by atoms with E-state index in [4.69, 9.17) is 11.6 Å². The molecule has 2 saturated carbocycles. The van der Waals surface area contributed by atoms with E-state index in [1.165, 1.54) is 0 Å². The SMILES string of the molecule is O=C(O)[C@H]1[C@@H]2C=C[C@@H]([C@H]3C[C@H]23)[C@@H]1C(=O)Nc1cccc(Cl)c1. The van der Waals surface area contributed by atoms with Gasteiger partial charge in [-0.2, -0.15) is 0 Å². The lowest BCUT2D eigenvalue weighted by molar-refractivity contribution is -0.152. The number of hydrogen-bond donors (Lipinski definition) is 2. The van der Waals surface area contributed by atoms with Crippen molar-refractivity contribution >= 4 is 29.2 Å². The zero-order valence-electron chi connectivity index (χ0n) is 11.8. The Labute approximate surface area is 133 Å². The van der Waals surface area contributed by atoms with Crippen LogP contribution in [-0.2, 0) is 9.59 Å². The average Bonchev–Trinajstić information content (AvgIpc) is 3.28. The second kappa shape index (κ2) is 4.85. The number of carboxylic acid groups (broad SMARTS) is 1. The number of hydrogen-bond acceptors (Lipinski definition) is 2. The van der Waals surface area contributed by atoms with Crippen LogP contribution in [0.1, 0.15) is 6.42 Å². The van der Waals surface area contributed by atoms with Gasteiger partial charge in [0.05, 0.1) is 11.8 Å². The van der Waals surface area contributed by atoms with Crippen LogP contribution in [0.25, 0.3) is 0 Å². The van der Waals surface area contributed by atoms with Crippen LogP contribution in [0.4, 0.5) is 5.69 Å². The van der Waals surface area contributed by atoms with E-state index in [0.29, 0.717) is 22.5 Å². The molecule has 4 aliphatic rings. The van der Waals surface area contributed by atoms with Crippen LogP contribution < -0.4 is 5.32 Å². The van der Waals surface area contributed by atoms with Gasteiger partial charge in [-0.1, -0.05) is 29.8 Å². The van der Waals surface area contributed by atoms with Crippen LogP contribution in [0.3, 0.4) is 0 Å². The van der Waals surface area contributed by atoms with Crippen molar-refractivity contribution in [3.63, 3.8) is 0 Å². The van der Waals surface area contributed by atoms with Crippen molar-refractivity contribution in [1.82, 2.24) is 0 Å². The molecule has 0 saturated heterocycles. The number of fused-ring (bicyclic) bond motifs is 1. The van der Waals surface area contributed by atoms with E-state index in [-0.39, 0.29) is 17.7 Å². The number of rotatable bonds is 3. The summed E-state index contributed by atoms with van der Waals surface area (Å²) in [5, 5.41) is 13.0. The highest BCUT2D eigenvalue weighted by atomic mass is 35.5. The molecule has 2 bridgehead atoms. The highest BCUT2D eigenvalue weighted by Gasteiger charge is 2.62. The second-order valence-electron chi connectivity index (χ2n) is 6.49. The Bertz CT molecular complexity index is 686. The standard InChI is InChI=1S/C17H16ClNO3/c18-8-2-1-3-9(6-8)19-16(20)14-10-4-5-11(13-7-12(10)13)15(14)17(21)22/h1-6,10-15H,7H2,(H,19,20)(H,21,22)/t10-,11+,12+,13+,14-,15-/m0/s1. The summed E-state index contributed by atoms with van der Waals surface area (Å²) >= 11 is 5.93. The summed E-state index contributed by atoms with van der Waals surface area (Å²) in [6.45, 7) is 0. The summed E-state index contributed by atoms with van der Waals surface area (Å²) in [5.41, 5.74) is 0.611. The van der Waals surface area contributed by atoms with Crippen molar-refractivity contribution < 1.29 is 14.7 Å². The summed E-state index contributed by atoms with van der Waals surface area (Å²) in [7, 11) is 0. The summed E-state index contributed by atoms with van der Waals surface area (Å²) in [6.07, 6.45) is 5.12. The number of carboxylic acids is 1. The number of aliphatic carboxylic acids is 1. The van der Waals surface area contributed by atoms with Crippen molar-refractivity contribution in [1.29, 1.82) is 0 Å². The molecule has 1 amide bonds. The Morgan fingerprint density at radius 3 is 2.45 bits per heavy atom. The lowest BCUT2D eigenvalue weighted by atomic mass is 9.62. The summed E-state index contributed by atoms with van der Waals surface area (Å²) in [5.74, 6) is -1.17. The fourth-order valence-corrected chi connectivity index (χ4v) is 4.55. The zero-order valence-corrected chi connectivity index (χ0v) is 12.5. The maximum Gasteiger partial charge on any atom is 0.307 e. The Morgan fingerprint density at radius 2 is 1.82 bits per heavy atom. The molecular weight excluding hydrogens is 302 g/mol.